The molecule has 5 heteroatoms. The summed E-state index contributed by atoms with van der Waals surface area (Å²) >= 11 is 7.63. The molecular weight excluding hydrogens is 246 g/mol. The van der Waals surface area contributed by atoms with Gasteiger partial charge in [0.2, 0.25) is 0 Å². The van der Waals surface area contributed by atoms with Crippen molar-refractivity contribution in [2.24, 2.45) is 5.18 Å². The van der Waals surface area contributed by atoms with Gasteiger partial charge in [-0.05, 0) is 30.7 Å². The fraction of sp³-hybridized carbons (Fsp3) is 0.364. The Kier molecular flexibility index (Phi) is 6.11. The standard InChI is InChI=1S/C11H12ClNO2S/c12-9-5-1-2-6-10(9)16-8-4-3-7-11(14)13-15/h1-2,5-6H,3-4,7-8H2. The summed E-state index contributed by atoms with van der Waals surface area (Å²) in [5, 5.41) is 3.09. The van der Waals surface area contributed by atoms with E-state index in [9.17, 15) is 9.70 Å². The van der Waals surface area contributed by atoms with Gasteiger partial charge in [0, 0.05) is 16.5 Å². The number of unbranched alkanes of at least 4 members (excludes halogenated alkanes) is 1. The molecule has 0 saturated heterocycles. The zero-order valence-electron chi connectivity index (χ0n) is 8.69. The van der Waals surface area contributed by atoms with Gasteiger partial charge in [-0.25, -0.2) is 0 Å². The molecule has 0 atom stereocenters. The van der Waals surface area contributed by atoms with Crippen LogP contribution < -0.4 is 0 Å². The number of amides is 1. The zero-order chi connectivity index (χ0) is 11.8. The molecule has 0 bridgehead atoms. The Morgan fingerprint density at radius 3 is 2.75 bits per heavy atom. The van der Waals surface area contributed by atoms with E-state index in [4.69, 9.17) is 11.6 Å². The first-order valence-electron chi connectivity index (χ1n) is 4.97. The summed E-state index contributed by atoms with van der Waals surface area (Å²) in [4.78, 5) is 21.4. The maximum Gasteiger partial charge on any atom is 0.286 e. The molecule has 0 heterocycles. The van der Waals surface area contributed by atoms with Crippen LogP contribution in [0.2, 0.25) is 5.02 Å². The number of thioether (sulfide) groups is 1. The lowest BCUT2D eigenvalue weighted by molar-refractivity contribution is -0.118. The molecular formula is C11H12ClNO2S. The summed E-state index contributed by atoms with van der Waals surface area (Å²) in [6.45, 7) is 0. The number of halogens is 1. The molecule has 0 aromatic heterocycles. The first-order valence-corrected chi connectivity index (χ1v) is 6.34. The van der Waals surface area contributed by atoms with Crippen LogP contribution in [0.4, 0.5) is 0 Å². The quantitative estimate of drug-likeness (QED) is 0.441. The van der Waals surface area contributed by atoms with Gasteiger partial charge in [-0.3, -0.25) is 4.79 Å². The van der Waals surface area contributed by atoms with Crippen LogP contribution in [-0.2, 0) is 4.79 Å². The van der Waals surface area contributed by atoms with Crippen LogP contribution in [0.3, 0.4) is 0 Å². The lowest BCUT2D eigenvalue weighted by atomic mass is 10.2. The van der Waals surface area contributed by atoms with Gasteiger partial charge in [0.25, 0.3) is 5.91 Å². The van der Waals surface area contributed by atoms with E-state index in [1.54, 1.807) is 11.8 Å². The van der Waals surface area contributed by atoms with Crippen LogP contribution in [0.5, 0.6) is 0 Å². The highest BCUT2D eigenvalue weighted by molar-refractivity contribution is 7.99. The Hall–Kier alpha value is -0.870. The van der Waals surface area contributed by atoms with E-state index in [2.05, 4.69) is 5.18 Å². The van der Waals surface area contributed by atoms with Crippen molar-refractivity contribution >= 4 is 29.3 Å². The summed E-state index contributed by atoms with van der Waals surface area (Å²) in [6.07, 6.45) is 1.81. The molecule has 0 aliphatic heterocycles. The molecule has 0 N–H and O–H groups in total. The first kappa shape index (κ1) is 13.2. The average molecular weight is 258 g/mol. The second-order valence-corrected chi connectivity index (χ2v) is 4.76. The average Bonchev–Trinajstić information content (AvgIpc) is 2.30. The fourth-order valence-corrected chi connectivity index (χ4v) is 2.42. The molecule has 1 rings (SSSR count). The predicted octanol–water partition coefficient (Wildman–Crippen LogP) is 3.90. The second kappa shape index (κ2) is 7.41. The predicted molar refractivity (Wildman–Crippen MR) is 66.8 cm³/mol. The first-order chi connectivity index (χ1) is 7.74. The minimum absolute atomic E-state index is 0.243. The van der Waals surface area contributed by atoms with Crippen LogP contribution in [0.25, 0.3) is 0 Å². The molecule has 0 fully saturated rings. The Bertz CT molecular complexity index is 371. The molecule has 86 valence electrons. The van der Waals surface area contributed by atoms with Crippen molar-refractivity contribution in [3.05, 3.63) is 34.2 Å². The van der Waals surface area contributed by atoms with Gasteiger partial charge in [0.15, 0.2) is 0 Å². The van der Waals surface area contributed by atoms with E-state index in [-0.39, 0.29) is 6.42 Å². The minimum Gasteiger partial charge on any atom is -0.269 e. The molecule has 3 nitrogen and oxygen atoms in total. The van der Waals surface area contributed by atoms with Crippen LogP contribution >= 0.6 is 23.4 Å². The summed E-state index contributed by atoms with van der Waals surface area (Å²) in [5.41, 5.74) is 0. The highest BCUT2D eigenvalue weighted by atomic mass is 35.5. The van der Waals surface area contributed by atoms with E-state index in [1.165, 1.54) is 0 Å². The molecule has 1 aromatic carbocycles. The van der Waals surface area contributed by atoms with Gasteiger partial charge in [-0.2, -0.15) is 0 Å². The van der Waals surface area contributed by atoms with Gasteiger partial charge in [0.05, 0.1) is 5.02 Å². The largest absolute Gasteiger partial charge is 0.286 e. The van der Waals surface area contributed by atoms with Gasteiger partial charge in [-0.15, -0.1) is 16.7 Å². The molecule has 0 spiro atoms. The van der Waals surface area contributed by atoms with E-state index in [0.717, 1.165) is 22.1 Å². The van der Waals surface area contributed by atoms with Gasteiger partial charge < -0.3 is 0 Å². The van der Waals surface area contributed by atoms with Crippen LogP contribution in [0, 0.1) is 4.91 Å². The highest BCUT2D eigenvalue weighted by Crippen LogP contribution is 2.27. The second-order valence-electron chi connectivity index (χ2n) is 3.22. The monoisotopic (exact) mass is 257 g/mol. The maximum atomic E-state index is 10.6. The van der Waals surface area contributed by atoms with Gasteiger partial charge >= 0.3 is 0 Å². The Morgan fingerprint density at radius 1 is 1.31 bits per heavy atom. The smallest absolute Gasteiger partial charge is 0.269 e. The van der Waals surface area contributed by atoms with Crippen LogP contribution in [0.15, 0.2) is 34.3 Å². The number of nitrogens with zero attached hydrogens (tertiary/aromatic N) is 1. The van der Waals surface area contributed by atoms with Crippen molar-refractivity contribution in [2.45, 2.75) is 24.2 Å². The van der Waals surface area contributed by atoms with E-state index < -0.39 is 5.91 Å². The Balaban J connectivity index is 2.19. The SMILES string of the molecule is O=NC(=O)CCCCSc1ccccc1Cl. The lowest BCUT2D eigenvalue weighted by Gasteiger charge is -2.02. The number of hydrogen-bond acceptors (Lipinski definition) is 3. The van der Waals surface area contributed by atoms with Crippen LogP contribution in [-0.4, -0.2) is 11.7 Å². The topological polar surface area (TPSA) is 46.5 Å². The molecule has 0 radical (unpaired) electrons. The number of hydrogen-bond donors (Lipinski definition) is 0. The Labute approximate surface area is 104 Å². The zero-order valence-corrected chi connectivity index (χ0v) is 10.3. The molecule has 16 heavy (non-hydrogen) atoms. The number of carbonyl (C=O) groups excluding carboxylic acids is 1. The molecule has 0 aliphatic carbocycles. The summed E-state index contributed by atoms with van der Waals surface area (Å²) in [7, 11) is 0. The van der Waals surface area contributed by atoms with Crippen molar-refractivity contribution < 1.29 is 4.79 Å². The van der Waals surface area contributed by atoms with Crippen molar-refractivity contribution in [3.63, 3.8) is 0 Å². The third kappa shape index (κ3) is 4.77. The number of benzene rings is 1. The molecule has 0 aliphatic rings. The maximum absolute atomic E-state index is 10.6. The molecule has 0 unspecified atom stereocenters. The van der Waals surface area contributed by atoms with Crippen molar-refractivity contribution in [3.8, 4) is 0 Å². The summed E-state index contributed by atoms with van der Waals surface area (Å²) in [5.74, 6) is 0.318. The van der Waals surface area contributed by atoms with E-state index in [1.807, 2.05) is 24.3 Å². The van der Waals surface area contributed by atoms with E-state index >= 15 is 0 Å². The van der Waals surface area contributed by atoms with Gasteiger partial charge in [-0.1, -0.05) is 23.7 Å². The minimum atomic E-state index is -0.567. The van der Waals surface area contributed by atoms with Gasteiger partial charge in [0.1, 0.15) is 0 Å². The summed E-state index contributed by atoms with van der Waals surface area (Å²) < 4.78 is 0. The third-order valence-corrected chi connectivity index (χ3v) is 3.58. The number of carbonyl (C=O) groups is 1. The third-order valence-electron chi connectivity index (χ3n) is 1.98. The van der Waals surface area contributed by atoms with Crippen LogP contribution in [0.1, 0.15) is 19.3 Å². The van der Waals surface area contributed by atoms with Crippen molar-refractivity contribution in [1.82, 2.24) is 0 Å². The van der Waals surface area contributed by atoms with Crippen molar-refractivity contribution in [2.75, 3.05) is 5.75 Å². The molecule has 1 amide bonds. The fourth-order valence-electron chi connectivity index (χ4n) is 1.17. The normalized spacial score (nSPS) is 10.1. The summed E-state index contributed by atoms with van der Waals surface area (Å²) in [6, 6.07) is 7.64. The molecule has 1 aromatic rings. The Morgan fingerprint density at radius 2 is 2.06 bits per heavy atom. The molecule has 0 saturated carbocycles. The van der Waals surface area contributed by atoms with E-state index in [0.29, 0.717) is 6.42 Å². The number of rotatable bonds is 6. The number of nitroso groups, excluding NO2 is 1. The van der Waals surface area contributed by atoms with Crippen molar-refractivity contribution in [1.29, 1.82) is 0 Å². The lowest BCUT2D eigenvalue weighted by Crippen LogP contribution is -1.91. The highest BCUT2D eigenvalue weighted by Gasteiger charge is 2.02.